The van der Waals surface area contributed by atoms with Crippen LogP contribution in [0, 0.1) is 6.92 Å². The topological polar surface area (TPSA) is 81.9 Å². The van der Waals surface area contributed by atoms with Gasteiger partial charge >= 0.3 is 0 Å². The fourth-order valence-corrected chi connectivity index (χ4v) is 3.88. The first-order valence-corrected chi connectivity index (χ1v) is 9.66. The molecule has 0 aliphatic rings. The van der Waals surface area contributed by atoms with Crippen LogP contribution in [0.5, 0.6) is 11.5 Å². The molecular formula is C20H16Br2N2O3. The summed E-state index contributed by atoms with van der Waals surface area (Å²) in [6.07, 6.45) is 1.53. The second kappa shape index (κ2) is 8.10. The summed E-state index contributed by atoms with van der Waals surface area (Å²) in [4.78, 5) is 12.3. The highest BCUT2D eigenvalue weighted by Gasteiger charge is 2.17. The third-order valence-electron chi connectivity index (χ3n) is 4.23. The van der Waals surface area contributed by atoms with Gasteiger partial charge in [-0.25, -0.2) is 5.43 Å². The van der Waals surface area contributed by atoms with Crippen LogP contribution in [0.1, 0.15) is 16.7 Å². The van der Waals surface area contributed by atoms with Crippen LogP contribution in [0.25, 0.3) is 10.8 Å². The van der Waals surface area contributed by atoms with E-state index in [9.17, 15) is 15.0 Å². The second-order valence-corrected chi connectivity index (χ2v) is 7.56. The van der Waals surface area contributed by atoms with Crippen molar-refractivity contribution >= 4 is 54.8 Å². The lowest BCUT2D eigenvalue weighted by molar-refractivity contribution is -0.120. The summed E-state index contributed by atoms with van der Waals surface area (Å²) in [6.45, 7) is 1.72. The summed E-state index contributed by atoms with van der Waals surface area (Å²) in [5.41, 5.74) is 4.37. The Morgan fingerprint density at radius 2 is 1.78 bits per heavy atom. The van der Waals surface area contributed by atoms with Crippen molar-refractivity contribution in [1.82, 2.24) is 5.43 Å². The number of hydrazone groups is 1. The van der Waals surface area contributed by atoms with Crippen molar-refractivity contribution in [3.05, 3.63) is 68.1 Å². The minimum atomic E-state index is -0.267. The summed E-state index contributed by atoms with van der Waals surface area (Å²) < 4.78 is 0.596. The molecule has 7 heteroatoms. The molecule has 0 fully saturated rings. The van der Waals surface area contributed by atoms with E-state index in [4.69, 9.17) is 0 Å². The number of amides is 1. The number of nitrogens with one attached hydrogen (secondary N) is 1. The summed E-state index contributed by atoms with van der Waals surface area (Å²) >= 11 is 6.39. The molecule has 0 aromatic heterocycles. The number of phenolic OH excluding ortho intramolecular Hbond substituents is 2. The van der Waals surface area contributed by atoms with Crippen LogP contribution in [0.3, 0.4) is 0 Å². The highest BCUT2D eigenvalue weighted by molar-refractivity contribution is 9.11. The van der Waals surface area contributed by atoms with E-state index < -0.39 is 0 Å². The molecular weight excluding hydrogens is 476 g/mol. The largest absolute Gasteiger partial charge is 0.506 e. The van der Waals surface area contributed by atoms with Crippen LogP contribution in [0.15, 0.2) is 56.5 Å². The predicted molar refractivity (Wildman–Crippen MR) is 113 cm³/mol. The average Bonchev–Trinajstić information content (AvgIpc) is 2.68. The fraction of sp³-hybridized carbons (Fsp3) is 0.100. The standard InChI is InChI=1S/C20H16Br2N2O3/c1-11-15(19(26)18(22)20(27)17(11)21)10-23-24-16(25)9-13-7-4-6-12-5-2-3-8-14(12)13/h2-8,10,26-27H,9H2,1H3,(H,24,25). The highest BCUT2D eigenvalue weighted by Crippen LogP contribution is 2.43. The third kappa shape index (κ3) is 3.99. The van der Waals surface area contributed by atoms with E-state index in [1.807, 2.05) is 42.5 Å². The van der Waals surface area contributed by atoms with Gasteiger partial charge in [0.05, 0.1) is 17.1 Å². The Hall–Kier alpha value is -2.38. The molecule has 0 aliphatic heterocycles. The second-order valence-electron chi connectivity index (χ2n) is 5.97. The van der Waals surface area contributed by atoms with E-state index >= 15 is 0 Å². The number of halogens is 2. The maximum Gasteiger partial charge on any atom is 0.244 e. The van der Waals surface area contributed by atoms with Gasteiger partial charge in [-0.05, 0) is 60.7 Å². The predicted octanol–water partition coefficient (Wildman–Crippen LogP) is 4.78. The van der Waals surface area contributed by atoms with Gasteiger partial charge in [0.2, 0.25) is 5.91 Å². The minimum Gasteiger partial charge on any atom is -0.506 e. The molecule has 3 rings (SSSR count). The molecule has 0 unspecified atom stereocenters. The zero-order valence-corrected chi connectivity index (χ0v) is 17.5. The Morgan fingerprint density at radius 1 is 1.07 bits per heavy atom. The lowest BCUT2D eigenvalue weighted by Gasteiger charge is -2.11. The van der Waals surface area contributed by atoms with Crippen LogP contribution < -0.4 is 5.43 Å². The van der Waals surface area contributed by atoms with Crippen molar-refractivity contribution in [2.75, 3.05) is 0 Å². The average molecular weight is 492 g/mol. The zero-order chi connectivity index (χ0) is 19.6. The maximum atomic E-state index is 12.3. The highest BCUT2D eigenvalue weighted by atomic mass is 79.9. The first kappa shape index (κ1) is 19.4. The van der Waals surface area contributed by atoms with E-state index in [0.29, 0.717) is 15.6 Å². The number of rotatable bonds is 4. The van der Waals surface area contributed by atoms with Crippen molar-refractivity contribution in [3.63, 3.8) is 0 Å². The van der Waals surface area contributed by atoms with Crippen molar-refractivity contribution in [2.45, 2.75) is 13.3 Å². The van der Waals surface area contributed by atoms with Gasteiger partial charge in [0.15, 0.2) is 0 Å². The molecule has 0 radical (unpaired) electrons. The first-order chi connectivity index (χ1) is 12.9. The van der Waals surface area contributed by atoms with Crippen LogP contribution in [-0.4, -0.2) is 22.3 Å². The van der Waals surface area contributed by atoms with Gasteiger partial charge < -0.3 is 10.2 Å². The molecule has 1 amide bonds. The fourth-order valence-electron chi connectivity index (χ4n) is 2.79. The molecule has 27 heavy (non-hydrogen) atoms. The summed E-state index contributed by atoms with van der Waals surface area (Å²) in [5.74, 6) is -0.515. The van der Waals surface area contributed by atoms with Crippen molar-refractivity contribution in [2.24, 2.45) is 5.10 Å². The van der Waals surface area contributed by atoms with E-state index in [0.717, 1.165) is 16.3 Å². The van der Waals surface area contributed by atoms with Gasteiger partial charge in [-0.1, -0.05) is 42.5 Å². The van der Waals surface area contributed by atoms with Crippen molar-refractivity contribution in [3.8, 4) is 11.5 Å². The first-order valence-electron chi connectivity index (χ1n) is 8.08. The zero-order valence-electron chi connectivity index (χ0n) is 14.3. The van der Waals surface area contributed by atoms with Crippen LogP contribution >= 0.6 is 31.9 Å². The number of carbonyl (C=O) groups is 1. The molecule has 0 saturated carbocycles. The van der Waals surface area contributed by atoms with Gasteiger partial charge in [-0.3, -0.25) is 4.79 Å². The molecule has 3 aromatic rings. The van der Waals surface area contributed by atoms with E-state index in [2.05, 4.69) is 42.4 Å². The van der Waals surface area contributed by atoms with Crippen LogP contribution in [0.2, 0.25) is 0 Å². The molecule has 0 bridgehead atoms. The normalized spacial score (nSPS) is 11.2. The molecule has 138 valence electrons. The molecule has 3 N–H and O–H groups in total. The number of hydrogen-bond donors (Lipinski definition) is 3. The van der Waals surface area contributed by atoms with Crippen LogP contribution in [-0.2, 0) is 11.2 Å². The molecule has 0 aliphatic carbocycles. The number of fused-ring (bicyclic) bond motifs is 1. The van der Waals surface area contributed by atoms with Crippen LogP contribution in [0.4, 0.5) is 0 Å². The number of phenols is 2. The third-order valence-corrected chi connectivity index (χ3v) is 5.95. The Bertz CT molecular complexity index is 1030. The van der Waals surface area contributed by atoms with Crippen molar-refractivity contribution in [1.29, 1.82) is 0 Å². The molecule has 3 aromatic carbocycles. The number of nitrogens with zero attached hydrogens (tertiary/aromatic N) is 1. The van der Waals surface area contributed by atoms with Gasteiger partial charge in [-0.2, -0.15) is 5.10 Å². The Labute approximate surface area is 173 Å². The Balaban J connectivity index is 1.77. The van der Waals surface area contributed by atoms with Gasteiger partial charge in [-0.15, -0.1) is 0 Å². The number of hydrogen-bond acceptors (Lipinski definition) is 4. The van der Waals surface area contributed by atoms with E-state index in [1.54, 1.807) is 6.92 Å². The molecule has 0 spiro atoms. The summed E-state index contributed by atoms with van der Waals surface area (Å²) in [6, 6.07) is 13.7. The lowest BCUT2D eigenvalue weighted by Crippen LogP contribution is -2.20. The molecule has 0 heterocycles. The maximum absolute atomic E-state index is 12.3. The van der Waals surface area contributed by atoms with Gasteiger partial charge in [0, 0.05) is 5.56 Å². The molecule has 5 nitrogen and oxygen atoms in total. The van der Waals surface area contributed by atoms with Crippen molar-refractivity contribution < 1.29 is 15.0 Å². The number of aromatic hydroxyl groups is 2. The number of benzene rings is 3. The quantitative estimate of drug-likeness (QED) is 0.363. The summed E-state index contributed by atoms with van der Waals surface area (Å²) in [7, 11) is 0. The lowest BCUT2D eigenvalue weighted by atomic mass is 10.0. The van der Waals surface area contributed by atoms with E-state index in [1.165, 1.54) is 6.21 Å². The molecule has 0 saturated heterocycles. The summed E-state index contributed by atoms with van der Waals surface area (Å²) in [5, 5.41) is 26.1. The van der Waals surface area contributed by atoms with Gasteiger partial charge in [0.1, 0.15) is 16.0 Å². The van der Waals surface area contributed by atoms with Gasteiger partial charge in [0.25, 0.3) is 0 Å². The number of carbonyl (C=O) groups excluding carboxylic acids is 1. The van der Waals surface area contributed by atoms with E-state index in [-0.39, 0.29) is 28.3 Å². The smallest absolute Gasteiger partial charge is 0.244 e. The monoisotopic (exact) mass is 490 g/mol. The minimum absolute atomic E-state index is 0.0952. The Kier molecular flexibility index (Phi) is 5.82. The SMILES string of the molecule is Cc1c(Br)c(O)c(Br)c(O)c1C=NNC(=O)Cc1cccc2ccccc12. The molecule has 0 atom stereocenters. The Morgan fingerprint density at radius 3 is 2.56 bits per heavy atom.